The highest BCUT2D eigenvalue weighted by atomic mass is 16.5. The second kappa shape index (κ2) is 14.9. The summed E-state index contributed by atoms with van der Waals surface area (Å²) in [4.78, 5) is 39.4. The van der Waals surface area contributed by atoms with E-state index in [1.54, 1.807) is 19.1 Å². The molecule has 0 radical (unpaired) electrons. The van der Waals surface area contributed by atoms with Gasteiger partial charge in [0.15, 0.2) is 0 Å². The van der Waals surface area contributed by atoms with Crippen molar-refractivity contribution in [3.05, 3.63) is 137 Å². The van der Waals surface area contributed by atoms with Crippen LogP contribution in [-0.4, -0.2) is 47.0 Å². The van der Waals surface area contributed by atoms with Crippen molar-refractivity contribution in [2.45, 2.75) is 45.3 Å². The Morgan fingerprint density at radius 3 is 2.27 bits per heavy atom. The van der Waals surface area contributed by atoms with E-state index in [9.17, 15) is 19.5 Å². The van der Waals surface area contributed by atoms with Gasteiger partial charge in [0.2, 0.25) is 11.7 Å². The van der Waals surface area contributed by atoms with Gasteiger partial charge < -0.3 is 29.2 Å². The Labute approximate surface area is 285 Å². The molecule has 9 heteroatoms. The van der Waals surface area contributed by atoms with Crippen molar-refractivity contribution < 1.29 is 33.4 Å². The first-order valence-electron chi connectivity index (χ1n) is 16.3. The second-order valence-electron chi connectivity index (χ2n) is 12.2. The van der Waals surface area contributed by atoms with E-state index in [4.69, 9.17) is 13.9 Å². The Morgan fingerprint density at radius 2 is 1.59 bits per heavy atom. The van der Waals surface area contributed by atoms with Crippen molar-refractivity contribution in [2.24, 2.45) is 0 Å². The number of anilines is 1. The maximum atomic E-state index is 13.2. The monoisotopic (exact) mass is 658 g/mol. The first-order valence-corrected chi connectivity index (χ1v) is 16.3. The van der Waals surface area contributed by atoms with E-state index >= 15 is 0 Å². The molecule has 0 spiro atoms. The van der Waals surface area contributed by atoms with Crippen molar-refractivity contribution in [3.63, 3.8) is 0 Å². The van der Waals surface area contributed by atoms with Crippen LogP contribution in [0.2, 0.25) is 0 Å². The fraction of sp³-hybridized carbons (Fsp3) is 0.225. The number of ether oxygens (including phenoxy) is 2. The van der Waals surface area contributed by atoms with Crippen LogP contribution in [0.5, 0.6) is 11.5 Å². The Hall–Kier alpha value is -5.83. The first kappa shape index (κ1) is 33.1. The standard InChI is InChI=1S/C40H38N2O7/c1-26-8-12-29(13-9-26)39(44)42-20-18-34(19-21-42)48-33-14-10-28(11-15-33)25-47-35-23-30(27(2)38(43)41-32-6-4-3-5-7-32)22-31(24-35)36-16-17-37(49-36)40(45)46/h3-17,22-24,27,34H,18-21,25H2,1-2H3,(H,41,43)(H,45,46). The van der Waals surface area contributed by atoms with Crippen LogP contribution in [0.15, 0.2) is 114 Å². The molecule has 6 rings (SSSR count). The topological polar surface area (TPSA) is 118 Å². The van der Waals surface area contributed by atoms with Crippen LogP contribution in [0.4, 0.5) is 5.69 Å². The zero-order chi connectivity index (χ0) is 34.3. The molecule has 2 N–H and O–H groups in total. The Morgan fingerprint density at radius 1 is 0.878 bits per heavy atom. The largest absolute Gasteiger partial charge is 0.490 e. The Kier molecular flexibility index (Phi) is 10.1. The number of carbonyl (C=O) groups excluding carboxylic acids is 2. The molecule has 9 nitrogen and oxygen atoms in total. The van der Waals surface area contributed by atoms with Gasteiger partial charge in [-0.2, -0.15) is 0 Å². The van der Waals surface area contributed by atoms with Gasteiger partial charge in [-0.3, -0.25) is 9.59 Å². The minimum atomic E-state index is -1.17. The maximum Gasteiger partial charge on any atom is 0.371 e. The Balaban J connectivity index is 1.09. The lowest BCUT2D eigenvalue weighted by atomic mass is 9.97. The number of hydrogen-bond donors (Lipinski definition) is 2. The number of piperidine rings is 1. The highest BCUT2D eigenvalue weighted by Crippen LogP contribution is 2.32. The molecule has 0 saturated carbocycles. The SMILES string of the molecule is Cc1ccc(C(=O)N2CCC(Oc3ccc(COc4cc(-c5ccc(C(=O)O)o5)cc(C(C)C(=O)Nc5ccccc5)c4)cc3)CC2)cc1. The minimum absolute atomic E-state index is 0.0228. The number of aromatic carboxylic acids is 1. The lowest BCUT2D eigenvalue weighted by molar-refractivity contribution is -0.117. The van der Waals surface area contributed by atoms with Crippen LogP contribution >= 0.6 is 0 Å². The molecule has 1 aromatic heterocycles. The number of carboxylic acids is 1. The number of rotatable bonds is 11. The van der Waals surface area contributed by atoms with E-state index in [-0.39, 0.29) is 30.3 Å². The normalized spacial score (nSPS) is 13.8. The predicted octanol–water partition coefficient (Wildman–Crippen LogP) is 7.96. The zero-order valence-corrected chi connectivity index (χ0v) is 27.4. The smallest absolute Gasteiger partial charge is 0.371 e. The third kappa shape index (κ3) is 8.37. The summed E-state index contributed by atoms with van der Waals surface area (Å²) >= 11 is 0. The second-order valence-corrected chi connectivity index (χ2v) is 12.2. The van der Waals surface area contributed by atoms with E-state index in [0.29, 0.717) is 47.0 Å². The summed E-state index contributed by atoms with van der Waals surface area (Å²) in [6.45, 7) is 5.35. The Bertz CT molecular complexity index is 1910. The molecule has 4 aromatic carbocycles. The summed E-state index contributed by atoms with van der Waals surface area (Å²) in [6.07, 6.45) is 1.54. The molecule has 2 amide bonds. The quantitative estimate of drug-likeness (QED) is 0.148. The predicted molar refractivity (Wildman–Crippen MR) is 186 cm³/mol. The number of para-hydroxylation sites is 1. The van der Waals surface area contributed by atoms with E-state index in [1.807, 2.05) is 103 Å². The molecule has 5 aromatic rings. The van der Waals surface area contributed by atoms with Crippen LogP contribution in [-0.2, 0) is 11.4 Å². The highest BCUT2D eigenvalue weighted by Gasteiger charge is 2.25. The van der Waals surface area contributed by atoms with Gasteiger partial charge in [-0.25, -0.2) is 4.79 Å². The minimum Gasteiger partial charge on any atom is -0.490 e. The number of furan rings is 1. The number of carboxylic acid groups (broad SMARTS) is 1. The molecule has 1 atom stereocenters. The summed E-state index contributed by atoms with van der Waals surface area (Å²) in [5, 5.41) is 12.3. The average Bonchev–Trinajstić information content (AvgIpc) is 3.63. The van der Waals surface area contributed by atoms with Crippen LogP contribution in [0.3, 0.4) is 0 Å². The highest BCUT2D eigenvalue weighted by molar-refractivity contribution is 5.96. The molecule has 250 valence electrons. The maximum absolute atomic E-state index is 13.2. The summed E-state index contributed by atoms with van der Waals surface area (Å²) in [5.41, 5.74) is 4.72. The van der Waals surface area contributed by atoms with Gasteiger partial charge in [0, 0.05) is 42.7 Å². The van der Waals surface area contributed by atoms with Crippen molar-refractivity contribution >= 4 is 23.5 Å². The van der Waals surface area contributed by atoms with Gasteiger partial charge in [0.25, 0.3) is 5.91 Å². The van der Waals surface area contributed by atoms with Crippen molar-refractivity contribution in [1.82, 2.24) is 4.90 Å². The third-order valence-electron chi connectivity index (χ3n) is 8.62. The van der Waals surface area contributed by atoms with E-state index in [2.05, 4.69) is 5.32 Å². The van der Waals surface area contributed by atoms with Gasteiger partial charge in [-0.1, -0.05) is 48.0 Å². The molecule has 1 unspecified atom stereocenters. The van der Waals surface area contributed by atoms with Crippen LogP contribution < -0.4 is 14.8 Å². The number of carbonyl (C=O) groups is 3. The average molecular weight is 659 g/mol. The number of nitrogens with one attached hydrogen (secondary N) is 1. The molecule has 1 aliphatic heterocycles. The van der Waals surface area contributed by atoms with Crippen LogP contribution in [0.1, 0.15) is 63.3 Å². The van der Waals surface area contributed by atoms with Crippen molar-refractivity contribution in [1.29, 1.82) is 0 Å². The van der Waals surface area contributed by atoms with Gasteiger partial charge in [0.05, 0.1) is 5.92 Å². The molecule has 0 bridgehead atoms. The summed E-state index contributed by atoms with van der Waals surface area (Å²) in [5.74, 6) is -0.415. The number of amides is 2. The number of hydrogen-bond acceptors (Lipinski definition) is 6. The number of aryl methyl sites for hydroxylation is 1. The third-order valence-corrected chi connectivity index (χ3v) is 8.62. The van der Waals surface area contributed by atoms with Crippen LogP contribution in [0, 0.1) is 6.92 Å². The van der Waals surface area contributed by atoms with E-state index < -0.39 is 11.9 Å². The molecule has 1 fully saturated rings. The van der Waals surface area contributed by atoms with Crippen molar-refractivity contribution in [3.8, 4) is 22.8 Å². The summed E-state index contributed by atoms with van der Waals surface area (Å²) < 4.78 is 18.0. The molecule has 2 heterocycles. The molecule has 1 saturated heterocycles. The lowest BCUT2D eigenvalue weighted by Gasteiger charge is -2.32. The number of likely N-dealkylation sites (tertiary alicyclic amines) is 1. The van der Waals surface area contributed by atoms with Gasteiger partial charge in [-0.05, 0) is 91.7 Å². The van der Waals surface area contributed by atoms with Crippen molar-refractivity contribution in [2.75, 3.05) is 18.4 Å². The fourth-order valence-corrected chi connectivity index (χ4v) is 5.71. The van der Waals surface area contributed by atoms with Gasteiger partial charge in [0.1, 0.15) is 30.0 Å². The molecule has 49 heavy (non-hydrogen) atoms. The molecular formula is C40H38N2O7. The van der Waals surface area contributed by atoms with E-state index in [1.165, 1.54) is 6.07 Å². The summed E-state index contributed by atoms with van der Waals surface area (Å²) in [6, 6.07) is 33.0. The van der Waals surface area contributed by atoms with Gasteiger partial charge >= 0.3 is 5.97 Å². The van der Waals surface area contributed by atoms with E-state index in [0.717, 1.165) is 29.7 Å². The molecular weight excluding hydrogens is 620 g/mol. The molecule has 0 aliphatic carbocycles. The van der Waals surface area contributed by atoms with Crippen LogP contribution in [0.25, 0.3) is 11.3 Å². The summed E-state index contributed by atoms with van der Waals surface area (Å²) in [7, 11) is 0. The number of benzene rings is 4. The molecule has 1 aliphatic rings. The van der Waals surface area contributed by atoms with Gasteiger partial charge in [-0.15, -0.1) is 0 Å². The first-order chi connectivity index (χ1) is 23.7. The lowest BCUT2D eigenvalue weighted by Crippen LogP contribution is -2.41. The fourth-order valence-electron chi connectivity index (χ4n) is 5.71. The zero-order valence-electron chi connectivity index (χ0n) is 27.4. The number of nitrogens with zero attached hydrogens (tertiary/aromatic N) is 1.